The maximum Gasteiger partial charge on any atom is 0.425 e. The van der Waals surface area contributed by atoms with Gasteiger partial charge in [0.15, 0.2) is 17.7 Å². The molecule has 15 heteroatoms. The molecule has 0 saturated carbocycles. The van der Waals surface area contributed by atoms with Gasteiger partial charge in [0.1, 0.15) is 24.9 Å². The number of fused-ring (bicyclic) bond motifs is 2. The van der Waals surface area contributed by atoms with Crippen LogP contribution in [0.25, 0.3) is 10.9 Å². The Labute approximate surface area is 341 Å². The molecule has 1 amide bonds. The minimum atomic E-state index is -3.13. The Morgan fingerprint density at radius 3 is 2.43 bits per heavy atom. The van der Waals surface area contributed by atoms with E-state index in [4.69, 9.17) is 28.7 Å². The number of ether oxygens (including phenoxy) is 5. The first-order valence-corrected chi connectivity index (χ1v) is 20.5. The number of Topliss-reactive ketones (excluding diaryl/α,β-unsaturated/α-hetero) is 1. The topological polar surface area (TPSA) is 153 Å². The number of hydrogen-bond donors (Lipinski definition) is 1. The first kappa shape index (κ1) is 44.0. The molecule has 2 aromatic rings. The summed E-state index contributed by atoms with van der Waals surface area (Å²) in [6.45, 7) is 13.8. The predicted molar refractivity (Wildman–Crippen MR) is 214 cm³/mol. The standard InChI is InChI=1S/C43H62FN5O9/c1-24-22-41(6,54-11)37(57-38-34(50)31(47(9)10)21-25(2)55-38)27(4)36(51)42(7,44)39(52)56-28(5)43(8)35-26(3)32(24)46-23-48(49(35)40(53)58-43)20-14-18-30-16-12-15-29-17-13-19-45-33(29)30/h12-13,15-17,19,24-28,31,34-35,37-38,50H,14,18,20-23H2,1-11H3/t24-,25-,26-,27+,28+,31+,34-,35-,37-,38+,41+,42?,43-/m1/s1. The Balaban J connectivity index is 1.39. The van der Waals surface area contributed by atoms with Gasteiger partial charge in [-0.15, -0.1) is 0 Å². The van der Waals surface area contributed by atoms with Crippen LogP contribution in [-0.2, 0) is 39.7 Å². The molecule has 1 N–H and O–H groups in total. The van der Waals surface area contributed by atoms with Crippen LogP contribution in [0.2, 0.25) is 0 Å². The van der Waals surface area contributed by atoms with Gasteiger partial charge in [0.25, 0.3) is 5.67 Å². The van der Waals surface area contributed by atoms with Gasteiger partial charge in [-0.05, 0) is 91.9 Å². The third-order valence-electron chi connectivity index (χ3n) is 13.2. The van der Waals surface area contributed by atoms with Crippen LogP contribution in [0.1, 0.15) is 80.2 Å². The molecule has 1 aromatic carbocycles. The molecule has 0 spiro atoms. The van der Waals surface area contributed by atoms with Crippen molar-refractivity contribution in [3.05, 3.63) is 42.1 Å². The van der Waals surface area contributed by atoms with E-state index in [0.717, 1.165) is 29.1 Å². The molecule has 2 bridgehead atoms. The highest BCUT2D eigenvalue weighted by Gasteiger charge is 2.62. The van der Waals surface area contributed by atoms with E-state index >= 15 is 4.39 Å². The molecule has 13 atom stereocenters. The number of nitrogens with zero attached hydrogens (tertiary/aromatic N) is 5. The summed E-state index contributed by atoms with van der Waals surface area (Å²) in [5.74, 6) is -4.56. The van der Waals surface area contributed by atoms with Crippen molar-refractivity contribution in [2.45, 2.75) is 141 Å². The second kappa shape index (κ2) is 16.8. The Morgan fingerprint density at radius 1 is 1.03 bits per heavy atom. The number of carbonyl (C=O) groups is 3. The van der Waals surface area contributed by atoms with E-state index in [2.05, 4.69) is 11.1 Å². The average molecular weight is 812 g/mol. The van der Waals surface area contributed by atoms with Crippen molar-refractivity contribution >= 4 is 34.5 Å². The molecule has 58 heavy (non-hydrogen) atoms. The number of aliphatic imine (C=N–C) groups is 1. The lowest BCUT2D eigenvalue weighted by atomic mass is 9.73. The van der Waals surface area contributed by atoms with Gasteiger partial charge in [0.05, 0.1) is 23.3 Å². The number of aliphatic hydroxyl groups excluding tert-OH is 1. The normalized spacial score (nSPS) is 39.2. The van der Waals surface area contributed by atoms with Gasteiger partial charge in [-0.3, -0.25) is 14.8 Å². The molecule has 0 aliphatic carbocycles. The summed E-state index contributed by atoms with van der Waals surface area (Å²) in [7, 11) is 5.20. The van der Waals surface area contributed by atoms with Gasteiger partial charge in [0.2, 0.25) is 0 Å². The molecule has 3 fully saturated rings. The van der Waals surface area contributed by atoms with Crippen LogP contribution >= 0.6 is 0 Å². The first-order chi connectivity index (χ1) is 27.2. The number of halogens is 1. The number of carbonyl (C=O) groups excluding carboxylic acids is 3. The van der Waals surface area contributed by atoms with Crippen molar-refractivity contribution in [3.63, 3.8) is 0 Å². The van der Waals surface area contributed by atoms with Crippen molar-refractivity contribution in [2.24, 2.45) is 22.7 Å². The molecule has 3 saturated heterocycles. The highest BCUT2D eigenvalue weighted by atomic mass is 19.1. The van der Waals surface area contributed by atoms with Crippen molar-refractivity contribution in [2.75, 3.05) is 34.4 Å². The second-order valence-electron chi connectivity index (χ2n) is 17.6. The molecule has 1 unspecified atom stereocenters. The Morgan fingerprint density at radius 2 is 1.74 bits per heavy atom. The fourth-order valence-electron chi connectivity index (χ4n) is 9.79. The van der Waals surface area contributed by atoms with Gasteiger partial charge < -0.3 is 33.7 Å². The fourth-order valence-corrected chi connectivity index (χ4v) is 9.79. The number of pyridine rings is 1. The lowest BCUT2D eigenvalue weighted by Crippen LogP contribution is -2.62. The molecule has 320 valence electrons. The van der Waals surface area contributed by atoms with Crippen LogP contribution in [0.4, 0.5) is 9.18 Å². The largest absolute Gasteiger partial charge is 0.456 e. The van der Waals surface area contributed by atoms with Crippen molar-refractivity contribution in [1.29, 1.82) is 0 Å². The van der Waals surface area contributed by atoms with Crippen LogP contribution in [0.3, 0.4) is 0 Å². The van der Waals surface area contributed by atoms with Crippen LogP contribution in [0, 0.1) is 17.8 Å². The average Bonchev–Trinajstić information content (AvgIpc) is 3.36. The number of amides is 1. The lowest BCUT2D eigenvalue weighted by Gasteiger charge is -2.47. The van der Waals surface area contributed by atoms with Gasteiger partial charge in [-0.25, -0.2) is 19.0 Å². The van der Waals surface area contributed by atoms with E-state index in [1.54, 1.807) is 32.0 Å². The van der Waals surface area contributed by atoms with Crippen molar-refractivity contribution in [3.8, 4) is 0 Å². The second-order valence-corrected chi connectivity index (χ2v) is 17.6. The van der Waals surface area contributed by atoms with Crippen molar-refractivity contribution < 1.29 is 47.6 Å². The minimum absolute atomic E-state index is 0.140. The summed E-state index contributed by atoms with van der Waals surface area (Å²) in [4.78, 5) is 53.9. The number of rotatable bonds is 8. The zero-order valence-corrected chi connectivity index (χ0v) is 35.8. The van der Waals surface area contributed by atoms with Gasteiger partial charge in [0, 0.05) is 48.8 Å². The number of aryl methyl sites for hydroxylation is 1. The van der Waals surface area contributed by atoms with E-state index < -0.39 is 77.2 Å². The van der Waals surface area contributed by atoms with Crippen LogP contribution in [-0.4, -0.2) is 143 Å². The molecule has 5 heterocycles. The number of aromatic nitrogens is 1. The van der Waals surface area contributed by atoms with Gasteiger partial charge in [-0.1, -0.05) is 45.0 Å². The number of benzene rings is 1. The quantitative estimate of drug-likeness (QED) is 0.278. The maximum atomic E-state index is 16.9. The Bertz CT molecular complexity index is 1870. The predicted octanol–water partition coefficient (Wildman–Crippen LogP) is 5.13. The zero-order chi connectivity index (χ0) is 42.5. The number of alkyl halides is 1. The number of hydrogen-bond acceptors (Lipinski definition) is 13. The summed E-state index contributed by atoms with van der Waals surface area (Å²) in [6, 6.07) is 8.97. The molecule has 4 aliphatic rings. The number of cyclic esters (lactones) is 1. The summed E-state index contributed by atoms with van der Waals surface area (Å²) in [6.07, 6.45) is -1.73. The molecule has 4 aliphatic heterocycles. The fraction of sp³-hybridized carbons (Fsp3) is 0.698. The summed E-state index contributed by atoms with van der Waals surface area (Å²) >= 11 is 0. The molecule has 1 aromatic heterocycles. The molecule has 0 radical (unpaired) electrons. The number of likely N-dealkylation sites (N-methyl/N-ethyl adjacent to an activating group) is 1. The monoisotopic (exact) mass is 811 g/mol. The smallest absolute Gasteiger partial charge is 0.425 e. The van der Waals surface area contributed by atoms with Crippen LogP contribution < -0.4 is 0 Å². The number of para-hydroxylation sites is 1. The lowest BCUT2D eigenvalue weighted by molar-refractivity contribution is -0.295. The minimum Gasteiger partial charge on any atom is -0.456 e. The summed E-state index contributed by atoms with van der Waals surface area (Å²) in [5.41, 5.74) is -3.13. The van der Waals surface area contributed by atoms with Crippen LogP contribution in [0.15, 0.2) is 41.5 Å². The van der Waals surface area contributed by atoms with E-state index in [1.165, 1.54) is 14.0 Å². The number of hydrazine groups is 1. The summed E-state index contributed by atoms with van der Waals surface area (Å²) in [5, 5.41) is 16.0. The number of methoxy groups -OCH3 is 1. The van der Waals surface area contributed by atoms with Gasteiger partial charge in [-0.2, -0.15) is 5.01 Å². The molecule has 14 nitrogen and oxygen atoms in total. The number of aliphatic hydroxyl groups is 1. The zero-order valence-electron chi connectivity index (χ0n) is 35.8. The highest BCUT2D eigenvalue weighted by molar-refractivity contribution is 6.08. The van der Waals surface area contributed by atoms with Gasteiger partial charge >= 0.3 is 12.1 Å². The Kier molecular flexibility index (Phi) is 12.7. The maximum absolute atomic E-state index is 16.9. The number of ketones is 1. The van der Waals surface area contributed by atoms with E-state index in [0.29, 0.717) is 25.8 Å². The van der Waals surface area contributed by atoms with Crippen molar-refractivity contribution in [1.82, 2.24) is 19.9 Å². The van der Waals surface area contributed by atoms with E-state index in [-0.39, 0.29) is 31.2 Å². The molecular formula is C43H62FN5O9. The third kappa shape index (κ3) is 8.02. The summed E-state index contributed by atoms with van der Waals surface area (Å²) < 4.78 is 47.8. The third-order valence-corrected chi connectivity index (χ3v) is 13.2. The highest BCUT2D eigenvalue weighted by Crippen LogP contribution is 2.44. The molecular weight excluding hydrogens is 749 g/mol. The first-order valence-electron chi connectivity index (χ1n) is 20.5. The number of esters is 1. The van der Waals surface area contributed by atoms with E-state index in [9.17, 15) is 19.5 Å². The Hall–Kier alpha value is -3.60. The molecule has 6 rings (SSSR count). The SMILES string of the molecule is CO[C@@]1(C)C[C@@H](C)C2=NCN(CCCc3cccc4cccnc34)N3C(=O)O[C@](C)([C@H](C)OC(=O)C(C)(F)C(=O)[C@H](C)[C@H]1O[C@@H]1O[C@H](C)C[C@H](N(C)C)[C@H]1O)[C@H]3[C@@H]2C. The van der Waals surface area contributed by atoms with Crippen LogP contribution in [0.5, 0.6) is 0 Å². The van der Waals surface area contributed by atoms with E-state index in [1.807, 2.05) is 69.0 Å².